The molecule has 2 aromatic rings. The van der Waals surface area contributed by atoms with E-state index in [-0.39, 0.29) is 0 Å². The van der Waals surface area contributed by atoms with Crippen molar-refractivity contribution in [2.45, 2.75) is 9.79 Å². The van der Waals surface area contributed by atoms with Crippen molar-refractivity contribution >= 4 is 58.2 Å². The smallest absolute Gasteiger partial charge is 0.328 e. The number of halogens is 1. The van der Waals surface area contributed by atoms with Crippen LogP contribution >= 0.6 is 34.7 Å². The van der Waals surface area contributed by atoms with Gasteiger partial charge in [-0.2, -0.15) is 11.3 Å². The highest BCUT2D eigenvalue weighted by atomic mass is 35.5. The number of carboxylic acids is 2. The average molecular weight is 466 g/mol. The first kappa shape index (κ1) is 22.4. The van der Waals surface area contributed by atoms with Crippen LogP contribution in [0.1, 0.15) is 5.56 Å². The number of nitrogens with zero attached hydrogens (tertiary/aromatic N) is 3. The summed E-state index contributed by atoms with van der Waals surface area (Å²) >= 11 is 9.70. The fourth-order valence-corrected chi connectivity index (χ4v) is 5.02. The van der Waals surface area contributed by atoms with Gasteiger partial charge in [0.1, 0.15) is 5.84 Å². The number of piperazine rings is 1. The predicted molar refractivity (Wildman–Crippen MR) is 120 cm³/mol. The van der Waals surface area contributed by atoms with Gasteiger partial charge in [0.2, 0.25) is 0 Å². The van der Waals surface area contributed by atoms with Crippen LogP contribution < -0.4 is 0 Å². The summed E-state index contributed by atoms with van der Waals surface area (Å²) in [6.45, 7) is 4.19. The lowest BCUT2D eigenvalue weighted by Gasteiger charge is -2.34. The minimum absolute atomic E-state index is 0.558. The Kier molecular flexibility index (Phi) is 7.54. The van der Waals surface area contributed by atoms with Crippen molar-refractivity contribution in [3.63, 3.8) is 0 Å². The third kappa shape index (κ3) is 5.85. The van der Waals surface area contributed by atoms with E-state index in [1.54, 1.807) is 23.1 Å². The van der Waals surface area contributed by atoms with Crippen molar-refractivity contribution in [3.05, 3.63) is 51.7 Å². The number of rotatable bonds is 2. The summed E-state index contributed by atoms with van der Waals surface area (Å²) in [6.07, 6.45) is 1.12. The number of likely N-dealkylation sites (N-methyl/N-ethyl adjacent to an activating group) is 1. The van der Waals surface area contributed by atoms with E-state index in [0.717, 1.165) is 42.7 Å². The topological polar surface area (TPSA) is 93.4 Å². The highest BCUT2D eigenvalue weighted by Gasteiger charge is 2.25. The molecular formula is C20H20ClN3O4S2. The van der Waals surface area contributed by atoms with Gasteiger partial charge < -0.3 is 20.0 Å². The molecule has 0 radical (unpaired) electrons. The van der Waals surface area contributed by atoms with E-state index in [1.807, 2.05) is 12.1 Å². The summed E-state index contributed by atoms with van der Waals surface area (Å²) in [6, 6.07) is 5.98. The Hall–Kier alpha value is -2.33. The number of fused-ring (bicyclic) bond motifs is 2. The standard InChI is InChI=1S/C16H16ClN3S2.C4H4O4/c1-19-4-6-20(7-5-19)16-12-9-21-10-15(12)22-14-3-2-11(17)8-13(14)18-16;5-3(6)1-2-4(7)8/h2-3,8-10H,4-7H2,1H3;1-2H,(H,5,6)(H,7,8). The Bertz CT molecular complexity index is 982. The summed E-state index contributed by atoms with van der Waals surface area (Å²) < 4.78 is 0. The molecule has 2 aliphatic rings. The van der Waals surface area contributed by atoms with Crippen molar-refractivity contribution in [1.29, 1.82) is 0 Å². The van der Waals surface area contributed by atoms with E-state index in [0.29, 0.717) is 12.2 Å². The van der Waals surface area contributed by atoms with Crippen LogP contribution in [0.2, 0.25) is 5.02 Å². The molecule has 2 aliphatic heterocycles. The van der Waals surface area contributed by atoms with Crippen LogP contribution in [0, 0.1) is 0 Å². The maximum atomic E-state index is 9.55. The molecule has 0 amide bonds. The lowest BCUT2D eigenvalue weighted by Crippen LogP contribution is -2.47. The molecule has 0 aliphatic carbocycles. The van der Waals surface area contributed by atoms with Gasteiger partial charge in [-0.1, -0.05) is 23.4 Å². The van der Waals surface area contributed by atoms with Crippen LogP contribution in [0.5, 0.6) is 0 Å². The molecule has 0 spiro atoms. The van der Waals surface area contributed by atoms with Gasteiger partial charge in [-0.3, -0.25) is 0 Å². The van der Waals surface area contributed by atoms with Crippen molar-refractivity contribution in [2.24, 2.45) is 4.99 Å². The molecule has 1 fully saturated rings. The molecule has 1 aromatic carbocycles. The molecule has 10 heteroatoms. The fraction of sp³-hybridized carbons (Fsp3) is 0.250. The lowest BCUT2D eigenvalue weighted by atomic mass is 10.2. The molecule has 0 atom stereocenters. The number of aliphatic carboxylic acids is 2. The van der Waals surface area contributed by atoms with Gasteiger partial charge in [0.05, 0.1) is 5.69 Å². The van der Waals surface area contributed by atoms with E-state index < -0.39 is 11.9 Å². The summed E-state index contributed by atoms with van der Waals surface area (Å²) in [5.41, 5.74) is 2.24. The molecule has 30 heavy (non-hydrogen) atoms. The monoisotopic (exact) mass is 465 g/mol. The molecule has 1 aromatic heterocycles. The van der Waals surface area contributed by atoms with Gasteiger partial charge in [-0.25, -0.2) is 14.6 Å². The van der Waals surface area contributed by atoms with Crippen molar-refractivity contribution in [2.75, 3.05) is 33.2 Å². The molecule has 158 valence electrons. The second-order valence-electron chi connectivity index (χ2n) is 6.60. The third-order valence-electron chi connectivity index (χ3n) is 4.41. The zero-order chi connectivity index (χ0) is 21.7. The Labute approximate surface area is 187 Å². The summed E-state index contributed by atoms with van der Waals surface area (Å²) in [5.74, 6) is -1.42. The number of aliphatic imine (C=N–C) groups is 1. The number of benzene rings is 1. The summed E-state index contributed by atoms with van der Waals surface area (Å²) in [4.78, 5) is 31.3. The van der Waals surface area contributed by atoms with Gasteiger partial charge in [0.25, 0.3) is 0 Å². The first-order chi connectivity index (χ1) is 14.3. The molecule has 1 saturated heterocycles. The van der Waals surface area contributed by atoms with Crippen LogP contribution in [0.15, 0.2) is 55.9 Å². The molecule has 0 unspecified atom stereocenters. The van der Waals surface area contributed by atoms with Gasteiger partial charge in [-0.15, -0.1) is 0 Å². The third-order valence-corrected chi connectivity index (χ3v) is 6.66. The first-order valence-electron chi connectivity index (χ1n) is 9.03. The van der Waals surface area contributed by atoms with Crippen LogP contribution in [0.4, 0.5) is 5.69 Å². The van der Waals surface area contributed by atoms with Gasteiger partial charge in [0, 0.05) is 69.5 Å². The lowest BCUT2D eigenvalue weighted by molar-refractivity contribution is -0.134. The summed E-state index contributed by atoms with van der Waals surface area (Å²) in [5, 5.41) is 20.8. The van der Waals surface area contributed by atoms with Gasteiger partial charge in [0.15, 0.2) is 0 Å². The SMILES string of the molecule is CN1CCN(C2=Nc3cc(Cl)ccc3Sc3cscc32)CC1.O=C(O)C=CC(=O)O. The zero-order valence-electron chi connectivity index (χ0n) is 16.1. The number of carboxylic acid groups (broad SMARTS) is 2. The first-order valence-corrected chi connectivity index (χ1v) is 11.2. The quantitative estimate of drug-likeness (QED) is 0.649. The Morgan fingerprint density at radius 3 is 2.37 bits per heavy atom. The maximum Gasteiger partial charge on any atom is 0.328 e. The Morgan fingerprint density at radius 2 is 1.73 bits per heavy atom. The molecule has 4 rings (SSSR count). The highest BCUT2D eigenvalue weighted by Crippen LogP contribution is 2.43. The van der Waals surface area contributed by atoms with Crippen LogP contribution in [-0.2, 0) is 9.59 Å². The second-order valence-corrected chi connectivity index (χ2v) is 8.86. The fourth-order valence-electron chi connectivity index (χ4n) is 2.89. The van der Waals surface area contributed by atoms with E-state index in [4.69, 9.17) is 26.8 Å². The van der Waals surface area contributed by atoms with E-state index in [1.165, 1.54) is 15.4 Å². The molecule has 0 saturated carbocycles. The van der Waals surface area contributed by atoms with E-state index in [9.17, 15) is 9.59 Å². The minimum atomic E-state index is -1.26. The minimum Gasteiger partial charge on any atom is -0.478 e. The summed E-state index contributed by atoms with van der Waals surface area (Å²) in [7, 11) is 2.17. The number of carbonyl (C=O) groups is 2. The number of hydrogen-bond donors (Lipinski definition) is 2. The van der Waals surface area contributed by atoms with E-state index in [2.05, 4.69) is 33.7 Å². The maximum absolute atomic E-state index is 9.55. The zero-order valence-corrected chi connectivity index (χ0v) is 18.5. The molecule has 0 bridgehead atoms. The molecule has 7 nitrogen and oxygen atoms in total. The molecular weight excluding hydrogens is 446 g/mol. The van der Waals surface area contributed by atoms with Crippen molar-refractivity contribution in [1.82, 2.24) is 9.80 Å². The van der Waals surface area contributed by atoms with E-state index >= 15 is 0 Å². The number of amidine groups is 1. The highest BCUT2D eigenvalue weighted by molar-refractivity contribution is 7.99. The number of hydrogen-bond acceptors (Lipinski definition) is 7. The normalized spacial score (nSPS) is 16.1. The van der Waals surface area contributed by atoms with Crippen molar-refractivity contribution < 1.29 is 19.8 Å². The van der Waals surface area contributed by atoms with Crippen LogP contribution in [0.25, 0.3) is 0 Å². The van der Waals surface area contributed by atoms with Gasteiger partial charge in [-0.05, 0) is 25.2 Å². The Balaban J connectivity index is 0.000000275. The Morgan fingerprint density at radius 1 is 1.07 bits per heavy atom. The van der Waals surface area contributed by atoms with Crippen LogP contribution in [0.3, 0.4) is 0 Å². The largest absolute Gasteiger partial charge is 0.478 e. The van der Waals surface area contributed by atoms with Gasteiger partial charge >= 0.3 is 11.9 Å². The molecule has 2 N–H and O–H groups in total. The second kappa shape index (κ2) is 10.1. The molecule has 3 heterocycles. The average Bonchev–Trinajstić information content (AvgIpc) is 3.10. The predicted octanol–water partition coefficient (Wildman–Crippen LogP) is 3.90. The van der Waals surface area contributed by atoms with Crippen LogP contribution in [-0.4, -0.2) is 71.0 Å². The number of thiophene rings is 1. The van der Waals surface area contributed by atoms with Crippen molar-refractivity contribution in [3.8, 4) is 0 Å².